The van der Waals surface area contributed by atoms with Crippen molar-refractivity contribution < 1.29 is 4.98 Å². The van der Waals surface area contributed by atoms with E-state index in [0.29, 0.717) is 0 Å². The number of rotatable bonds is 0. The third-order valence-corrected chi connectivity index (χ3v) is 1.45. The highest BCUT2D eigenvalue weighted by Crippen LogP contribution is 1.70. The SMILES string of the molecule is C1=C=c2c[nH+]ccc2=CC=1. The molecule has 0 unspecified atom stereocenters. The van der Waals surface area contributed by atoms with Crippen LogP contribution in [0.4, 0.5) is 0 Å². The van der Waals surface area contributed by atoms with Crippen LogP contribution in [0.3, 0.4) is 0 Å². The number of nitrogens with one attached hydrogen (secondary N) is 1. The third-order valence-electron chi connectivity index (χ3n) is 1.45. The van der Waals surface area contributed by atoms with E-state index in [1.807, 2.05) is 30.6 Å². The summed E-state index contributed by atoms with van der Waals surface area (Å²) in [6, 6.07) is 2.01. The standard InChI is InChI=1S/C9H5N/c1-2-4-9-7-10-6-5-8(9)3-1/h1,3,5-7H/p+1. The smallest absolute Gasteiger partial charge is 0.183 e. The first-order valence-corrected chi connectivity index (χ1v) is 3.15. The Kier molecular flexibility index (Phi) is 1.05. The van der Waals surface area contributed by atoms with Gasteiger partial charge in [0.1, 0.15) is 0 Å². The topological polar surface area (TPSA) is 14.1 Å². The average Bonchev–Trinajstić information content (AvgIpc) is 2.05. The fraction of sp³-hybridized carbons (Fsp3) is 0. The van der Waals surface area contributed by atoms with E-state index in [4.69, 9.17) is 0 Å². The highest BCUT2D eigenvalue weighted by Gasteiger charge is 1.86. The van der Waals surface area contributed by atoms with E-state index in [9.17, 15) is 0 Å². The van der Waals surface area contributed by atoms with Gasteiger partial charge in [-0.15, -0.1) is 0 Å². The number of hydrogen-bond acceptors (Lipinski definition) is 0. The van der Waals surface area contributed by atoms with Gasteiger partial charge in [-0.1, -0.05) is 11.5 Å². The maximum absolute atomic E-state index is 2.99. The van der Waals surface area contributed by atoms with Crippen LogP contribution >= 0.6 is 0 Å². The third kappa shape index (κ3) is 0.708. The van der Waals surface area contributed by atoms with Crippen molar-refractivity contribution in [3.63, 3.8) is 0 Å². The van der Waals surface area contributed by atoms with E-state index in [1.165, 1.54) is 5.22 Å². The van der Waals surface area contributed by atoms with Gasteiger partial charge in [0.25, 0.3) is 0 Å². The Labute approximate surface area is 58.3 Å². The van der Waals surface area contributed by atoms with Gasteiger partial charge in [0.05, 0.1) is 5.22 Å². The number of aromatic amines is 1. The molecular formula is C9H6N+. The first kappa shape index (κ1) is 5.25. The molecule has 46 valence electrons. The number of H-pyrrole nitrogens is 1. The Hall–Kier alpha value is -1.55. The molecule has 1 heterocycles. The largest absolute Gasteiger partial charge is 0.217 e. The molecule has 0 saturated carbocycles. The maximum atomic E-state index is 2.99. The van der Waals surface area contributed by atoms with Crippen LogP contribution in [0.1, 0.15) is 0 Å². The molecule has 0 fully saturated rings. The molecule has 1 aliphatic carbocycles. The molecule has 0 aliphatic heterocycles. The summed E-state index contributed by atoms with van der Waals surface area (Å²) in [4.78, 5) is 2.98. The Morgan fingerprint density at radius 3 is 3.30 bits per heavy atom. The number of fused-ring (bicyclic) bond motifs is 1. The molecule has 2 rings (SSSR count). The van der Waals surface area contributed by atoms with Gasteiger partial charge in [-0.25, -0.2) is 4.98 Å². The van der Waals surface area contributed by atoms with Crippen LogP contribution in [-0.4, -0.2) is 0 Å². The van der Waals surface area contributed by atoms with E-state index < -0.39 is 0 Å². The maximum Gasteiger partial charge on any atom is 0.183 e. The second-order valence-corrected chi connectivity index (χ2v) is 2.12. The normalized spacial score (nSPS) is 11.6. The van der Waals surface area contributed by atoms with E-state index in [-0.39, 0.29) is 0 Å². The fourth-order valence-electron chi connectivity index (χ4n) is 0.947. The van der Waals surface area contributed by atoms with Gasteiger partial charge in [-0.2, -0.15) is 0 Å². The molecule has 1 heteroatoms. The lowest BCUT2D eigenvalue weighted by atomic mass is 10.2. The molecule has 1 aromatic rings. The summed E-state index contributed by atoms with van der Waals surface area (Å²) in [5.74, 6) is 0. The Bertz CT molecular complexity index is 430. The molecule has 10 heavy (non-hydrogen) atoms. The zero-order valence-corrected chi connectivity index (χ0v) is 5.39. The lowest BCUT2D eigenvalue weighted by Gasteiger charge is -1.81. The summed E-state index contributed by atoms with van der Waals surface area (Å²) in [6.07, 6.45) is 7.68. The summed E-state index contributed by atoms with van der Waals surface area (Å²) < 4.78 is 0. The van der Waals surface area contributed by atoms with Crippen LogP contribution in [0.25, 0.3) is 11.8 Å². The summed E-state index contributed by atoms with van der Waals surface area (Å²) in [7, 11) is 0. The van der Waals surface area contributed by atoms with Crippen molar-refractivity contribution in [1.29, 1.82) is 0 Å². The van der Waals surface area contributed by atoms with Crippen molar-refractivity contribution in [3.8, 4) is 0 Å². The van der Waals surface area contributed by atoms with Crippen LogP contribution in [0.2, 0.25) is 0 Å². The highest BCUT2D eigenvalue weighted by atomic mass is 14.6. The van der Waals surface area contributed by atoms with Crippen molar-refractivity contribution in [2.24, 2.45) is 0 Å². The van der Waals surface area contributed by atoms with Gasteiger partial charge in [0, 0.05) is 11.3 Å². The zero-order valence-electron chi connectivity index (χ0n) is 5.39. The molecule has 0 atom stereocenters. The second kappa shape index (κ2) is 2.00. The van der Waals surface area contributed by atoms with Gasteiger partial charge < -0.3 is 0 Å². The average molecular weight is 128 g/mol. The highest BCUT2D eigenvalue weighted by molar-refractivity contribution is 5.42. The first-order chi connectivity index (χ1) is 4.97. The Morgan fingerprint density at radius 2 is 2.40 bits per heavy atom. The van der Waals surface area contributed by atoms with E-state index in [2.05, 4.69) is 16.4 Å². The molecule has 1 aromatic heterocycles. The van der Waals surface area contributed by atoms with Crippen molar-refractivity contribution in [3.05, 3.63) is 40.7 Å². The zero-order chi connectivity index (χ0) is 6.81. The molecular weight excluding hydrogens is 122 g/mol. The second-order valence-electron chi connectivity index (χ2n) is 2.12. The van der Waals surface area contributed by atoms with E-state index >= 15 is 0 Å². The lowest BCUT2D eigenvalue weighted by Crippen LogP contribution is -2.28. The van der Waals surface area contributed by atoms with Gasteiger partial charge in [-0.3, -0.25) is 0 Å². The monoisotopic (exact) mass is 128 g/mol. The number of pyridine rings is 1. The minimum atomic E-state index is 1.07. The molecule has 1 aliphatic rings. The predicted molar refractivity (Wildman–Crippen MR) is 38.2 cm³/mol. The van der Waals surface area contributed by atoms with Crippen molar-refractivity contribution in [2.45, 2.75) is 0 Å². The van der Waals surface area contributed by atoms with Crippen molar-refractivity contribution in [2.75, 3.05) is 0 Å². The molecule has 0 aromatic carbocycles. The van der Waals surface area contributed by atoms with Crippen molar-refractivity contribution in [1.82, 2.24) is 0 Å². The lowest BCUT2D eigenvalue weighted by molar-refractivity contribution is -0.379. The molecule has 1 nitrogen and oxygen atoms in total. The van der Waals surface area contributed by atoms with Crippen LogP contribution < -0.4 is 15.4 Å². The molecule has 0 amide bonds. The van der Waals surface area contributed by atoms with Gasteiger partial charge >= 0.3 is 0 Å². The molecule has 0 spiro atoms. The summed E-state index contributed by atoms with van der Waals surface area (Å²) in [5, 5.41) is 2.27. The van der Waals surface area contributed by atoms with E-state index in [0.717, 1.165) is 5.22 Å². The summed E-state index contributed by atoms with van der Waals surface area (Å²) in [6.45, 7) is 0. The predicted octanol–water partition coefficient (Wildman–Crippen LogP) is -0.615. The van der Waals surface area contributed by atoms with Crippen LogP contribution in [0.5, 0.6) is 0 Å². The van der Waals surface area contributed by atoms with Gasteiger partial charge in [0.15, 0.2) is 12.4 Å². The summed E-state index contributed by atoms with van der Waals surface area (Å²) >= 11 is 0. The molecule has 0 bridgehead atoms. The number of aromatic nitrogens is 1. The Balaban J connectivity index is 3.13. The van der Waals surface area contributed by atoms with Crippen LogP contribution in [0, 0.1) is 0 Å². The van der Waals surface area contributed by atoms with E-state index in [1.54, 1.807) is 0 Å². The van der Waals surface area contributed by atoms with Crippen molar-refractivity contribution >= 4 is 11.8 Å². The quantitative estimate of drug-likeness (QED) is 0.414. The van der Waals surface area contributed by atoms with Crippen LogP contribution in [0.15, 0.2) is 30.3 Å². The minimum Gasteiger partial charge on any atom is -0.217 e. The summed E-state index contributed by atoms with van der Waals surface area (Å²) in [5.41, 5.74) is 5.88. The molecule has 0 radical (unpaired) electrons. The molecule has 1 N–H and O–H groups in total. The number of allylic oxidation sites excluding steroid dienone is 1. The number of hydrogen-bond donors (Lipinski definition) is 0. The Morgan fingerprint density at radius 1 is 1.40 bits per heavy atom. The molecule has 0 saturated heterocycles. The first-order valence-electron chi connectivity index (χ1n) is 3.15. The minimum absolute atomic E-state index is 1.07. The fourth-order valence-corrected chi connectivity index (χ4v) is 0.947. The van der Waals surface area contributed by atoms with Crippen LogP contribution in [-0.2, 0) is 0 Å². The van der Waals surface area contributed by atoms with Gasteiger partial charge in [0.2, 0.25) is 0 Å². The van der Waals surface area contributed by atoms with Gasteiger partial charge in [-0.05, 0) is 12.2 Å².